The van der Waals surface area contributed by atoms with Gasteiger partial charge < -0.3 is 10.2 Å². The maximum absolute atomic E-state index is 13.5. The molecule has 1 rings (SSSR count). The Balaban J connectivity index is 2.86. The molecule has 16 heavy (non-hydrogen) atoms. The van der Waals surface area contributed by atoms with Gasteiger partial charge in [-0.05, 0) is 30.0 Å². The number of aliphatic hydroxyl groups is 1. The molecule has 0 bridgehead atoms. The number of benzene rings is 1. The van der Waals surface area contributed by atoms with Gasteiger partial charge in [-0.1, -0.05) is 28.1 Å². The van der Waals surface area contributed by atoms with E-state index in [1.54, 1.807) is 0 Å². The first-order chi connectivity index (χ1) is 7.56. The third kappa shape index (κ3) is 3.28. The standard InChI is InChI=1S/C11H12BrFO3/c12-5-1-2-7-3-4-8(6-9(7)13)10(14)11(15)16/h3-4,6,10,14H,1-2,5H2,(H,15,16). The molecule has 1 unspecified atom stereocenters. The van der Waals surface area contributed by atoms with E-state index in [0.717, 1.165) is 17.8 Å². The smallest absolute Gasteiger partial charge is 0.337 e. The second-order valence-electron chi connectivity index (χ2n) is 3.38. The molecule has 0 aliphatic carbocycles. The van der Waals surface area contributed by atoms with Crippen molar-refractivity contribution >= 4 is 21.9 Å². The van der Waals surface area contributed by atoms with Crippen LogP contribution in [0.2, 0.25) is 0 Å². The summed E-state index contributed by atoms with van der Waals surface area (Å²) in [6.45, 7) is 0. The fraction of sp³-hybridized carbons (Fsp3) is 0.364. The molecule has 1 atom stereocenters. The fourth-order valence-electron chi connectivity index (χ4n) is 1.34. The highest BCUT2D eigenvalue weighted by atomic mass is 79.9. The normalized spacial score (nSPS) is 12.4. The van der Waals surface area contributed by atoms with Gasteiger partial charge in [0.05, 0.1) is 0 Å². The molecule has 0 saturated heterocycles. The Morgan fingerprint density at radius 2 is 2.19 bits per heavy atom. The molecule has 0 heterocycles. The second-order valence-corrected chi connectivity index (χ2v) is 4.18. The van der Waals surface area contributed by atoms with Gasteiger partial charge in [0.15, 0.2) is 6.10 Å². The number of carbonyl (C=O) groups is 1. The van der Waals surface area contributed by atoms with E-state index in [0.29, 0.717) is 12.0 Å². The van der Waals surface area contributed by atoms with Crippen molar-refractivity contribution < 1.29 is 19.4 Å². The zero-order chi connectivity index (χ0) is 12.1. The van der Waals surface area contributed by atoms with Crippen LogP contribution < -0.4 is 0 Å². The third-order valence-corrected chi connectivity index (χ3v) is 2.77. The summed E-state index contributed by atoms with van der Waals surface area (Å²) in [5.41, 5.74) is 0.591. The van der Waals surface area contributed by atoms with Crippen LogP contribution in [-0.2, 0) is 11.2 Å². The van der Waals surface area contributed by atoms with E-state index in [-0.39, 0.29) is 5.56 Å². The molecule has 2 N–H and O–H groups in total. The lowest BCUT2D eigenvalue weighted by atomic mass is 10.0. The topological polar surface area (TPSA) is 57.5 Å². The average molecular weight is 291 g/mol. The average Bonchev–Trinajstić information content (AvgIpc) is 2.26. The summed E-state index contributed by atoms with van der Waals surface area (Å²) >= 11 is 3.25. The Kier molecular flexibility index (Phi) is 4.89. The van der Waals surface area contributed by atoms with E-state index in [9.17, 15) is 14.3 Å². The number of aliphatic hydroxyl groups excluding tert-OH is 1. The van der Waals surface area contributed by atoms with Gasteiger partial charge in [0.25, 0.3) is 0 Å². The van der Waals surface area contributed by atoms with Crippen molar-refractivity contribution in [2.45, 2.75) is 18.9 Å². The molecule has 1 aromatic carbocycles. The van der Waals surface area contributed by atoms with E-state index in [1.165, 1.54) is 12.1 Å². The number of alkyl halides is 1. The van der Waals surface area contributed by atoms with E-state index in [1.807, 2.05) is 0 Å². The second kappa shape index (κ2) is 5.96. The molecule has 0 aliphatic heterocycles. The van der Waals surface area contributed by atoms with Gasteiger partial charge in [-0.3, -0.25) is 0 Å². The number of carboxylic acids is 1. The lowest BCUT2D eigenvalue weighted by Crippen LogP contribution is -2.11. The summed E-state index contributed by atoms with van der Waals surface area (Å²) in [7, 11) is 0. The molecular formula is C11H12BrFO3. The van der Waals surface area contributed by atoms with Gasteiger partial charge in [0.1, 0.15) is 5.82 Å². The minimum atomic E-state index is -1.67. The van der Waals surface area contributed by atoms with E-state index in [2.05, 4.69) is 15.9 Å². The summed E-state index contributed by atoms with van der Waals surface area (Å²) in [5.74, 6) is -1.86. The number of aryl methyl sites for hydroxylation is 1. The third-order valence-electron chi connectivity index (χ3n) is 2.21. The predicted molar refractivity (Wildman–Crippen MR) is 61.1 cm³/mol. The highest BCUT2D eigenvalue weighted by Gasteiger charge is 2.17. The Morgan fingerprint density at radius 3 is 2.69 bits per heavy atom. The van der Waals surface area contributed by atoms with Crippen molar-refractivity contribution in [1.29, 1.82) is 0 Å². The van der Waals surface area contributed by atoms with Crippen LogP contribution in [0, 0.1) is 5.82 Å². The van der Waals surface area contributed by atoms with E-state index in [4.69, 9.17) is 5.11 Å². The molecule has 0 aliphatic rings. The predicted octanol–water partition coefficient (Wildman–Crippen LogP) is 2.27. The fourth-order valence-corrected chi connectivity index (χ4v) is 1.62. The van der Waals surface area contributed by atoms with E-state index < -0.39 is 17.9 Å². The number of aliphatic carboxylic acids is 1. The number of hydrogen-bond acceptors (Lipinski definition) is 2. The van der Waals surface area contributed by atoms with Gasteiger partial charge in [0.2, 0.25) is 0 Å². The minimum absolute atomic E-state index is 0.0626. The van der Waals surface area contributed by atoms with Crippen molar-refractivity contribution in [2.75, 3.05) is 5.33 Å². The Labute approximate surface area is 101 Å². The molecule has 0 amide bonds. The molecule has 0 radical (unpaired) electrons. The highest BCUT2D eigenvalue weighted by Crippen LogP contribution is 2.18. The van der Waals surface area contributed by atoms with Crippen LogP contribution in [0.3, 0.4) is 0 Å². The Morgan fingerprint density at radius 1 is 1.50 bits per heavy atom. The lowest BCUT2D eigenvalue weighted by Gasteiger charge is -2.08. The minimum Gasteiger partial charge on any atom is -0.479 e. The van der Waals surface area contributed by atoms with Crippen molar-refractivity contribution in [2.24, 2.45) is 0 Å². The van der Waals surface area contributed by atoms with Crippen LogP contribution in [0.15, 0.2) is 18.2 Å². The zero-order valence-corrected chi connectivity index (χ0v) is 10.1. The van der Waals surface area contributed by atoms with Gasteiger partial charge in [0, 0.05) is 5.33 Å². The van der Waals surface area contributed by atoms with Crippen molar-refractivity contribution in [3.05, 3.63) is 35.1 Å². The summed E-state index contributed by atoms with van der Waals surface area (Å²) in [6.07, 6.45) is -0.280. The molecule has 0 aromatic heterocycles. The van der Waals surface area contributed by atoms with Crippen molar-refractivity contribution in [3.8, 4) is 0 Å². The van der Waals surface area contributed by atoms with Crippen molar-refractivity contribution in [3.63, 3.8) is 0 Å². The molecule has 0 saturated carbocycles. The maximum Gasteiger partial charge on any atom is 0.337 e. The monoisotopic (exact) mass is 290 g/mol. The first kappa shape index (κ1) is 13.1. The molecule has 1 aromatic rings. The van der Waals surface area contributed by atoms with Crippen LogP contribution >= 0.6 is 15.9 Å². The molecular weight excluding hydrogens is 279 g/mol. The Bertz CT molecular complexity index is 381. The van der Waals surface area contributed by atoms with Gasteiger partial charge in [-0.25, -0.2) is 9.18 Å². The summed E-state index contributed by atoms with van der Waals surface area (Å²) in [5, 5.41) is 18.6. The lowest BCUT2D eigenvalue weighted by molar-refractivity contribution is -0.146. The molecule has 88 valence electrons. The van der Waals surface area contributed by atoms with Crippen LogP contribution in [-0.4, -0.2) is 21.5 Å². The van der Waals surface area contributed by atoms with Crippen LogP contribution in [0.1, 0.15) is 23.7 Å². The number of rotatable bonds is 5. The van der Waals surface area contributed by atoms with E-state index >= 15 is 0 Å². The first-order valence-electron chi connectivity index (χ1n) is 4.81. The molecule has 0 fully saturated rings. The quantitative estimate of drug-likeness (QED) is 0.818. The molecule has 0 spiro atoms. The number of halogens is 2. The highest BCUT2D eigenvalue weighted by molar-refractivity contribution is 9.09. The summed E-state index contributed by atoms with van der Waals surface area (Å²) in [4.78, 5) is 10.5. The number of carboxylic acid groups (broad SMARTS) is 1. The summed E-state index contributed by atoms with van der Waals surface area (Å²) < 4.78 is 13.5. The molecule has 5 heteroatoms. The van der Waals surface area contributed by atoms with Crippen molar-refractivity contribution in [1.82, 2.24) is 0 Å². The van der Waals surface area contributed by atoms with Crippen LogP contribution in [0.4, 0.5) is 4.39 Å². The molecule has 3 nitrogen and oxygen atoms in total. The van der Waals surface area contributed by atoms with Gasteiger partial charge in [-0.15, -0.1) is 0 Å². The maximum atomic E-state index is 13.5. The van der Waals surface area contributed by atoms with Crippen LogP contribution in [0.25, 0.3) is 0 Å². The number of hydrogen-bond donors (Lipinski definition) is 2. The van der Waals surface area contributed by atoms with Gasteiger partial charge in [-0.2, -0.15) is 0 Å². The largest absolute Gasteiger partial charge is 0.479 e. The summed E-state index contributed by atoms with van der Waals surface area (Å²) in [6, 6.07) is 4.02. The van der Waals surface area contributed by atoms with Crippen LogP contribution in [0.5, 0.6) is 0 Å². The Hall–Kier alpha value is -0.940. The SMILES string of the molecule is O=C(O)C(O)c1ccc(CCCBr)c(F)c1. The zero-order valence-electron chi connectivity index (χ0n) is 8.49. The van der Waals surface area contributed by atoms with Gasteiger partial charge >= 0.3 is 5.97 Å². The first-order valence-corrected chi connectivity index (χ1v) is 5.93.